The Labute approximate surface area is 207 Å². The van der Waals surface area contributed by atoms with Crippen molar-refractivity contribution in [3.63, 3.8) is 0 Å². The van der Waals surface area contributed by atoms with Crippen molar-refractivity contribution in [3.8, 4) is 5.69 Å². The molecule has 0 unspecified atom stereocenters. The highest BCUT2D eigenvalue weighted by Crippen LogP contribution is 2.28. The number of hydrogen-bond acceptors (Lipinski definition) is 4. The van der Waals surface area contributed by atoms with Crippen LogP contribution >= 0.6 is 11.8 Å². The quantitative estimate of drug-likeness (QED) is 0.217. The van der Waals surface area contributed by atoms with Crippen LogP contribution in [0.5, 0.6) is 0 Å². The normalized spacial score (nSPS) is 10.9. The van der Waals surface area contributed by atoms with Crippen LogP contribution < -0.4 is 10.5 Å². The summed E-state index contributed by atoms with van der Waals surface area (Å²) in [7, 11) is 0. The topological polar surface area (TPSA) is 55.2 Å². The lowest BCUT2D eigenvalue weighted by atomic mass is 10.2. The van der Waals surface area contributed by atoms with Crippen LogP contribution in [0.15, 0.2) is 119 Å². The Morgan fingerprint density at radius 3 is 2.03 bits per heavy atom. The Morgan fingerprint density at radius 1 is 0.800 bits per heavy atom. The highest BCUT2D eigenvalue weighted by Gasteiger charge is 2.21. The summed E-state index contributed by atoms with van der Waals surface area (Å²) in [5.41, 5.74) is 3.74. The predicted molar refractivity (Wildman–Crippen MR) is 143 cm³/mol. The molecule has 1 heterocycles. The molecule has 0 aliphatic carbocycles. The molecule has 0 aliphatic rings. The molecule has 0 atom stereocenters. The van der Waals surface area contributed by atoms with E-state index in [0.717, 1.165) is 22.6 Å². The van der Waals surface area contributed by atoms with Crippen LogP contribution in [0.2, 0.25) is 0 Å². The first-order valence-electron chi connectivity index (χ1n) is 11.3. The van der Waals surface area contributed by atoms with Crippen molar-refractivity contribution in [2.24, 2.45) is 0 Å². The van der Waals surface area contributed by atoms with Gasteiger partial charge in [-0.2, -0.15) is 0 Å². The van der Waals surface area contributed by atoms with E-state index < -0.39 is 0 Å². The van der Waals surface area contributed by atoms with Gasteiger partial charge in [-0.25, -0.2) is 4.98 Å². The number of para-hydroxylation sites is 4. The van der Waals surface area contributed by atoms with E-state index in [1.54, 1.807) is 15.5 Å². The van der Waals surface area contributed by atoms with Crippen molar-refractivity contribution >= 4 is 39.9 Å². The summed E-state index contributed by atoms with van der Waals surface area (Å²) >= 11 is 1.27. The Hall–Kier alpha value is -4.16. The highest BCUT2D eigenvalue weighted by atomic mass is 32.2. The van der Waals surface area contributed by atoms with Crippen molar-refractivity contribution in [3.05, 3.63) is 125 Å². The first-order chi connectivity index (χ1) is 17.1. The Morgan fingerprint density at radius 2 is 1.37 bits per heavy atom. The van der Waals surface area contributed by atoms with Gasteiger partial charge in [0.1, 0.15) is 0 Å². The van der Waals surface area contributed by atoms with Gasteiger partial charge < -0.3 is 0 Å². The maximum Gasteiger partial charge on any atom is 0.266 e. The van der Waals surface area contributed by atoms with Crippen LogP contribution in [-0.2, 0) is 4.79 Å². The van der Waals surface area contributed by atoms with Crippen molar-refractivity contribution in [1.82, 2.24) is 9.55 Å². The molecule has 5 aromatic rings. The third-order valence-electron chi connectivity index (χ3n) is 5.70. The highest BCUT2D eigenvalue weighted by molar-refractivity contribution is 7.99. The fraction of sp³-hybridized carbons (Fsp3) is 0.0690. The van der Waals surface area contributed by atoms with Gasteiger partial charge in [0, 0.05) is 11.4 Å². The Bertz CT molecular complexity index is 1510. The Kier molecular flexibility index (Phi) is 6.46. The molecule has 4 aromatic carbocycles. The molecule has 0 N–H and O–H groups in total. The predicted octanol–water partition coefficient (Wildman–Crippen LogP) is 6.15. The zero-order valence-electron chi connectivity index (χ0n) is 19.2. The molecule has 0 radical (unpaired) electrons. The number of amides is 1. The molecule has 5 rings (SSSR count). The maximum absolute atomic E-state index is 13.6. The third-order valence-corrected chi connectivity index (χ3v) is 6.63. The van der Waals surface area contributed by atoms with E-state index in [1.165, 1.54) is 11.8 Å². The van der Waals surface area contributed by atoms with Gasteiger partial charge in [-0.1, -0.05) is 78.5 Å². The van der Waals surface area contributed by atoms with Crippen molar-refractivity contribution in [1.29, 1.82) is 0 Å². The number of aryl methyl sites for hydroxylation is 1. The van der Waals surface area contributed by atoms with Gasteiger partial charge in [0.25, 0.3) is 5.56 Å². The van der Waals surface area contributed by atoms with Gasteiger partial charge >= 0.3 is 0 Å². The fourth-order valence-electron chi connectivity index (χ4n) is 4.02. The molecule has 172 valence electrons. The van der Waals surface area contributed by atoms with E-state index in [1.807, 2.05) is 110 Å². The van der Waals surface area contributed by atoms with Crippen LogP contribution in [0.4, 0.5) is 11.4 Å². The molecule has 6 heteroatoms. The second-order valence-electron chi connectivity index (χ2n) is 8.03. The van der Waals surface area contributed by atoms with E-state index in [2.05, 4.69) is 0 Å². The molecule has 0 aliphatic heterocycles. The van der Waals surface area contributed by atoms with Crippen LogP contribution in [0, 0.1) is 6.92 Å². The second kappa shape index (κ2) is 9.99. The van der Waals surface area contributed by atoms with E-state index in [9.17, 15) is 9.59 Å². The molecule has 1 aromatic heterocycles. The van der Waals surface area contributed by atoms with Crippen LogP contribution in [0.3, 0.4) is 0 Å². The first-order valence-corrected chi connectivity index (χ1v) is 12.3. The lowest BCUT2D eigenvalue weighted by Gasteiger charge is -2.23. The molecule has 0 bridgehead atoms. The lowest BCUT2D eigenvalue weighted by Crippen LogP contribution is -2.28. The molecular formula is C29H23N3O2S. The fourth-order valence-corrected chi connectivity index (χ4v) is 4.87. The number of anilines is 2. The zero-order valence-corrected chi connectivity index (χ0v) is 20.0. The van der Waals surface area contributed by atoms with Crippen molar-refractivity contribution < 1.29 is 4.79 Å². The second-order valence-corrected chi connectivity index (χ2v) is 8.97. The molecule has 5 nitrogen and oxygen atoms in total. The first kappa shape index (κ1) is 22.6. The number of rotatable bonds is 6. The monoisotopic (exact) mass is 477 g/mol. The van der Waals surface area contributed by atoms with Gasteiger partial charge in [-0.05, 0) is 55.0 Å². The molecular weight excluding hydrogens is 454 g/mol. The summed E-state index contributed by atoms with van der Waals surface area (Å²) in [6.07, 6.45) is 0. The van der Waals surface area contributed by atoms with Gasteiger partial charge in [0.15, 0.2) is 5.16 Å². The average Bonchev–Trinajstić information content (AvgIpc) is 2.90. The van der Waals surface area contributed by atoms with Crippen LogP contribution in [0.1, 0.15) is 5.56 Å². The molecule has 0 saturated heterocycles. The van der Waals surface area contributed by atoms with Gasteiger partial charge in [0.05, 0.1) is 22.3 Å². The van der Waals surface area contributed by atoms with Crippen LogP contribution in [0.25, 0.3) is 16.6 Å². The van der Waals surface area contributed by atoms with Crippen molar-refractivity contribution in [2.75, 3.05) is 10.7 Å². The number of nitrogens with zero attached hydrogens (tertiary/aromatic N) is 3. The SMILES string of the molecule is Cc1ccccc1-n1c(SCC(=O)N(c2ccccc2)c2ccccc2)nc2ccccc2c1=O. The number of carbonyl (C=O) groups excluding carboxylic acids is 1. The molecule has 1 amide bonds. The van der Waals surface area contributed by atoms with E-state index >= 15 is 0 Å². The minimum Gasteiger partial charge on any atom is -0.280 e. The summed E-state index contributed by atoms with van der Waals surface area (Å²) < 4.78 is 1.62. The zero-order chi connectivity index (χ0) is 24.2. The maximum atomic E-state index is 13.6. The molecule has 0 spiro atoms. The summed E-state index contributed by atoms with van der Waals surface area (Å²) in [6, 6.07) is 34.1. The van der Waals surface area contributed by atoms with Crippen LogP contribution in [-0.4, -0.2) is 21.2 Å². The number of hydrogen-bond donors (Lipinski definition) is 0. The molecule has 0 saturated carbocycles. The smallest absolute Gasteiger partial charge is 0.266 e. The largest absolute Gasteiger partial charge is 0.280 e. The summed E-state index contributed by atoms with van der Waals surface area (Å²) in [5, 5.41) is 1.03. The van der Waals surface area contributed by atoms with E-state index in [-0.39, 0.29) is 17.2 Å². The number of thioether (sulfide) groups is 1. The van der Waals surface area contributed by atoms with E-state index in [0.29, 0.717) is 16.1 Å². The number of aromatic nitrogens is 2. The standard InChI is InChI=1S/C29H23N3O2S/c1-21-12-8-11-19-26(21)32-28(34)24-17-9-10-18-25(24)30-29(32)35-20-27(33)31(22-13-4-2-5-14-22)23-15-6-3-7-16-23/h2-19H,20H2,1H3. The molecule has 35 heavy (non-hydrogen) atoms. The van der Waals surface area contributed by atoms with Gasteiger partial charge in [-0.15, -0.1) is 0 Å². The average molecular weight is 478 g/mol. The Balaban J connectivity index is 1.55. The minimum absolute atomic E-state index is 0.105. The molecule has 0 fully saturated rings. The lowest BCUT2D eigenvalue weighted by molar-refractivity contribution is -0.115. The summed E-state index contributed by atoms with van der Waals surface area (Å²) in [5.74, 6) is 0.00613. The number of carbonyl (C=O) groups is 1. The number of benzene rings is 4. The third kappa shape index (κ3) is 4.61. The van der Waals surface area contributed by atoms with Gasteiger partial charge in [-0.3, -0.25) is 19.1 Å². The minimum atomic E-state index is -0.150. The van der Waals surface area contributed by atoms with Gasteiger partial charge in [0.2, 0.25) is 5.91 Å². The number of fused-ring (bicyclic) bond motifs is 1. The summed E-state index contributed by atoms with van der Waals surface area (Å²) in [6.45, 7) is 1.96. The van der Waals surface area contributed by atoms with Crippen molar-refractivity contribution in [2.45, 2.75) is 12.1 Å². The van der Waals surface area contributed by atoms with E-state index in [4.69, 9.17) is 4.98 Å². The summed E-state index contributed by atoms with van der Waals surface area (Å²) in [4.78, 5) is 33.6.